The van der Waals surface area contributed by atoms with Crippen LogP contribution in [0.3, 0.4) is 0 Å². The Kier molecular flexibility index (Phi) is 2.72. The highest BCUT2D eigenvalue weighted by Gasteiger charge is 2.19. The first kappa shape index (κ1) is 11.6. The van der Waals surface area contributed by atoms with E-state index < -0.39 is 0 Å². The Balaban J connectivity index is 1.89. The standard InChI is InChI=1S/C13H8ClN3S2/c14-12-8-5-18-6-10(8)16-13(17-12)7-3-11-9(15-4-7)1-2-19-11/h1-4H,5-6H2. The molecule has 0 radical (unpaired) electrons. The third-order valence-electron chi connectivity index (χ3n) is 3.09. The predicted molar refractivity (Wildman–Crippen MR) is 80.7 cm³/mol. The largest absolute Gasteiger partial charge is 0.255 e. The van der Waals surface area contributed by atoms with E-state index in [1.165, 1.54) is 0 Å². The molecule has 3 aromatic heterocycles. The summed E-state index contributed by atoms with van der Waals surface area (Å²) in [6.07, 6.45) is 1.81. The monoisotopic (exact) mass is 305 g/mol. The molecule has 0 saturated carbocycles. The zero-order valence-corrected chi connectivity index (χ0v) is 12.1. The molecular weight excluding hydrogens is 298 g/mol. The lowest BCUT2D eigenvalue weighted by molar-refractivity contribution is 1.07. The van der Waals surface area contributed by atoms with E-state index in [0.29, 0.717) is 11.0 Å². The lowest BCUT2D eigenvalue weighted by atomic mass is 10.2. The number of nitrogens with zero attached hydrogens (tertiary/aromatic N) is 3. The number of pyridine rings is 1. The minimum atomic E-state index is 0.580. The fourth-order valence-corrected chi connectivity index (χ4v) is 4.27. The Hall–Kier alpha value is -1.17. The molecule has 3 nitrogen and oxygen atoms in total. The van der Waals surface area contributed by atoms with Gasteiger partial charge in [0.2, 0.25) is 0 Å². The zero-order chi connectivity index (χ0) is 12.8. The average Bonchev–Trinajstić information content (AvgIpc) is 3.06. The maximum absolute atomic E-state index is 6.24. The summed E-state index contributed by atoms with van der Waals surface area (Å²) < 4.78 is 1.15. The van der Waals surface area contributed by atoms with Crippen LogP contribution in [0.15, 0.2) is 23.7 Å². The number of hydrogen-bond acceptors (Lipinski definition) is 5. The van der Waals surface area contributed by atoms with Crippen molar-refractivity contribution in [2.45, 2.75) is 11.5 Å². The molecule has 0 spiro atoms. The Labute approximate surface area is 123 Å². The Morgan fingerprint density at radius 1 is 1.21 bits per heavy atom. The SMILES string of the molecule is Clc1nc(-c2cnc3ccsc3c2)nc2c1CSC2. The van der Waals surface area contributed by atoms with Crippen molar-refractivity contribution in [3.63, 3.8) is 0 Å². The van der Waals surface area contributed by atoms with Gasteiger partial charge in [0.25, 0.3) is 0 Å². The van der Waals surface area contributed by atoms with Gasteiger partial charge < -0.3 is 0 Å². The lowest BCUT2D eigenvalue weighted by Gasteiger charge is -2.05. The highest BCUT2D eigenvalue weighted by molar-refractivity contribution is 7.98. The topological polar surface area (TPSA) is 38.7 Å². The van der Waals surface area contributed by atoms with Crippen LogP contribution in [0.4, 0.5) is 0 Å². The van der Waals surface area contributed by atoms with Gasteiger partial charge in [0.05, 0.1) is 15.9 Å². The minimum Gasteiger partial charge on any atom is -0.255 e. The first-order chi connectivity index (χ1) is 9.31. The molecule has 0 N–H and O–H groups in total. The molecule has 0 bridgehead atoms. The number of hydrogen-bond donors (Lipinski definition) is 0. The Morgan fingerprint density at radius 2 is 2.16 bits per heavy atom. The van der Waals surface area contributed by atoms with Crippen LogP contribution in [0.25, 0.3) is 21.6 Å². The van der Waals surface area contributed by atoms with Gasteiger partial charge in [-0.2, -0.15) is 11.8 Å². The first-order valence-corrected chi connectivity index (χ1v) is 8.19. The summed E-state index contributed by atoms with van der Waals surface area (Å²) in [6.45, 7) is 0. The van der Waals surface area contributed by atoms with Gasteiger partial charge in [-0.25, -0.2) is 9.97 Å². The molecule has 0 fully saturated rings. The molecule has 19 heavy (non-hydrogen) atoms. The molecule has 4 rings (SSSR count). The molecule has 0 unspecified atom stereocenters. The summed E-state index contributed by atoms with van der Waals surface area (Å²) in [5.74, 6) is 2.50. The quantitative estimate of drug-likeness (QED) is 0.633. The third-order valence-corrected chi connectivity index (χ3v) is 5.22. The van der Waals surface area contributed by atoms with Crippen LogP contribution in [0, 0.1) is 0 Å². The highest BCUT2D eigenvalue weighted by atomic mass is 35.5. The van der Waals surface area contributed by atoms with E-state index >= 15 is 0 Å². The van der Waals surface area contributed by atoms with Gasteiger partial charge in [0, 0.05) is 28.8 Å². The van der Waals surface area contributed by atoms with Gasteiger partial charge in [-0.3, -0.25) is 4.98 Å². The van der Waals surface area contributed by atoms with E-state index in [1.807, 2.05) is 29.4 Å². The normalized spacial score (nSPS) is 13.9. The van der Waals surface area contributed by atoms with Gasteiger partial charge in [0.15, 0.2) is 5.82 Å². The van der Waals surface area contributed by atoms with E-state index in [9.17, 15) is 0 Å². The van der Waals surface area contributed by atoms with Crippen molar-refractivity contribution < 1.29 is 0 Å². The van der Waals surface area contributed by atoms with Gasteiger partial charge >= 0.3 is 0 Å². The smallest absolute Gasteiger partial charge is 0.162 e. The molecule has 94 valence electrons. The molecule has 0 aromatic carbocycles. The molecule has 1 aliphatic rings. The van der Waals surface area contributed by atoms with Crippen molar-refractivity contribution in [3.05, 3.63) is 40.1 Å². The molecule has 0 atom stereocenters. The Bertz CT molecular complexity index is 785. The van der Waals surface area contributed by atoms with Crippen LogP contribution >= 0.6 is 34.7 Å². The first-order valence-electron chi connectivity index (χ1n) is 5.78. The number of thioether (sulfide) groups is 1. The highest BCUT2D eigenvalue weighted by Crippen LogP contribution is 2.34. The average molecular weight is 306 g/mol. The summed E-state index contributed by atoms with van der Waals surface area (Å²) in [4.78, 5) is 13.5. The Morgan fingerprint density at radius 3 is 3.11 bits per heavy atom. The summed E-state index contributed by atoms with van der Waals surface area (Å²) >= 11 is 9.73. The second-order valence-corrected chi connectivity index (χ2v) is 6.58. The van der Waals surface area contributed by atoms with Gasteiger partial charge in [-0.1, -0.05) is 11.6 Å². The molecule has 0 saturated heterocycles. The van der Waals surface area contributed by atoms with Crippen molar-refractivity contribution in [3.8, 4) is 11.4 Å². The van der Waals surface area contributed by atoms with E-state index in [0.717, 1.165) is 38.5 Å². The number of rotatable bonds is 1. The summed E-state index contributed by atoms with van der Waals surface area (Å²) in [6, 6.07) is 4.09. The maximum Gasteiger partial charge on any atom is 0.162 e. The fourth-order valence-electron chi connectivity index (χ4n) is 2.11. The predicted octanol–water partition coefficient (Wildman–Crippen LogP) is 4.15. The van der Waals surface area contributed by atoms with E-state index in [4.69, 9.17) is 11.6 Å². The van der Waals surface area contributed by atoms with Gasteiger partial charge in [0.1, 0.15) is 5.15 Å². The molecular formula is C13H8ClN3S2. The molecule has 4 heterocycles. The third kappa shape index (κ3) is 1.93. The molecule has 3 aromatic rings. The van der Waals surface area contributed by atoms with Crippen molar-refractivity contribution in [1.29, 1.82) is 0 Å². The van der Waals surface area contributed by atoms with Crippen LogP contribution in [0.2, 0.25) is 5.15 Å². The van der Waals surface area contributed by atoms with Crippen LogP contribution < -0.4 is 0 Å². The van der Waals surface area contributed by atoms with Crippen LogP contribution in [0.5, 0.6) is 0 Å². The van der Waals surface area contributed by atoms with Crippen LogP contribution in [-0.4, -0.2) is 15.0 Å². The number of aromatic nitrogens is 3. The molecule has 0 aliphatic carbocycles. The summed E-state index contributed by atoms with van der Waals surface area (Å²) in [5, 5.41) is 2.62. The second-order valence-electron chi connectivity index (χ2n) is 4.28. The fraction of sp³-hybridized carbons (Fsp3) is 0.154. The van der Waals surface area contributed by atoms with Crippen molar-refractivity contribution in [2.75, 3.05) is 0 Å². The zero-order valence-electron chi connectivity index (χ0n) is 9.76. The lowest BCUT2D eigenvalue weighted by Crippen LogP contribution is -1.97. The summed E-state index contributed by atoms with van der Waals surface area (Å²) in [7, 11) is 0. The molecule has 1 aliphatic heterocycles. The molecule has 0 amide bonds. The van der Waals surface area contributed by atoms with Crippen LogP contribution in [-0.2, 0) is 11.5 Å². The van der Waals surface area contributed by atoms with Crippen molar-refractivity contribution in [1.82, 2.24) is 15.0 Å². The van der Waals surface area contributed by atoms with Crippen molar-refractivity contribution >= 4 is 44.9 Å². The second kappa shape index (κ2) is 4.44. The maximum atomic E-state index is 6.24. The molecule has 6 heteroatoms. The van der Waals surface area contributed by atoms with Crippen LogP contribution in [0.1, 0.15) is 11.3 Å². The number of fused-ring (bicyclic) bond motifs is 2. The number of halogens is 1. The van der Waals surface area contributed by atoms with Crippen molar-refractivity contribution in [2.24, 2.45) is 0 Å². The van der Waals surface area contributed by atoms with E-state index in [-0.39, 0.29) is 0 Å². The minimum absolute atomic E-state index is 0.580. The van der Waals surface area contributed by atoms with E-state index in [1.54, 1.807) is 11.3 Å². The summed E-state index contributed by atoms with van der Waals surface area (Å²) in [5.41, 5.74) is 4.08. The van der Waals surface area contributed by atoms with E-state index in [2.05, 4.69) is 21.0 Å². The van der Waals surface area contributed by atoms with Gasteiger partial charge in [-0.05, 0) is 17.5 Å². The van der Waals surface area contributed by atoms with Gasteiger partial charge in [-0.15, -0.1) is 11.3 Å². The number of thiophene rings is 1.